The fraction of sp³-hybridized carbons (Fsp3) is 0.320. The minimum Gasteiger partial charge on any atom is -0.494 e. The zero-order valence-corrected chi connectivity index (χ0v) is 20.6. The molecule has 0 radical (unpaired) electrons. The van der Waals surface area contributed by atoms with Gasteiger partial charge in [0.05, 0.1) is 29.4 Å². The van der Waals surface area contributed by atoms with Crippen LogP contribution in [0.15, 0.2) is 65.6 Å². The Balaban J connectivity index is 1.37. The number of sulfonamides is 1. The van der Waals surface area contributed by atoms with E-state index in [1.165, 1.54) is 28.6 Å². The highest BCUT2D eigenvalue weighted by Gasteiger charge is 2.29. The maximum absolute atomic E-state index is 13.1. The number of anilines is 1. The molecule has 0 aliphatic carbocycles. The number of piperazine rings is 1. The van der Waals surface area contributed by atoms with E-state index in [1.807, 2.05) is 48.2 Å². The third kappa shape index (κ3) is 5.60. The average molecular weight is 497 g/mol. The van der Waals surface area contributed by atoms with E-state index in [4.69, 9.17) is 9.47 Å². The quantitative estimate of drug-likeness (QED) is 0.438. The van der Waals surface area contributed by atoms with Crippen molar-refractivity contribution in [1.82, 2.24) is 14.5 Å². The SMILES string of the molecule is CCOC(=O)c1ccc(S(=O)(=O)N2CCN(c3ccc(-c4ccc(OCC)cc4)nn3)CC2)cc1. The van der Waals surface area contributed by atoms with Gasteiger partial charge >= 0.3 is 5.97 Å². The molecule has 4 rings (SSSR count). The molecule has 1 aromatic heterocycles. The highest BCUT2D eigenvalue weighted by Crippen LogP contribution is 2.24. The van der Waals surface area contributed by atoms with Crippen molar-refractivity contribution in [3.8, 4) is 17.0 Å². The molecule has 10 heteroatoms. The van der Waals surface area contributed by atoms with E-state index in [0.717, 1.165) is 17.0 Å². The van der Waals surface area contributed by atoms with E-state index >= 15 is 0 Å². The fourth-order valence-corrected chi connectivity index (χ4v) is 5.24. The summed E-state index contributed by atoms with van der Waals surface area (Å²) in [7, 11) is -3.66. The van der Waals surface area contributed by atoms with Gasteiger partial charge in [-0.1, -0.05) is 0 Å². The van der Waals surface area contributed by atoms with E-state index < -0.39 is 16.0 Å². The second-order valence-corrected chi connectivity index (χ2v) is 9.81. The van der Waals surface area contributed by atoms with Gasteiger partial charge in [0, 0.05) is 31.7 Å². The molecule has 2 aromatic carbocycles. The van der Waals surface area contributed by atoms with Gasteiger partial charge in [0.15, 0.2) is 5.82 Å². The Morgan fingerprint density at radius 3 is 2.11 bits per heavy atom. The number of rotatable bonds is 8. The molecule has 184 valence electrons. The monoisotopic (exact) mass is 496 g/mol. The third-order valence-electron chi connectivity index (χ3n) is 5.68. The van der Waals surface area contributed by atoms with Crippen LogP contribution in [0, 0.1) is 0 Å². The first-order valence-electron chi connectivity index (χ1n) is 11.5. The van der Waals surface area contributed by atoms with E-state index in [2.05, 4.69) is 10.2 Å². The maximum Gasteiger partial charge on any atom is 0.338 e. The van der Waals surface area contributed by atoms with Crippen molar-refractivity contribution >= 4 is 21.8 Å². The maximum atomic E-state index is 13.1. The summed E-state index contributed by atoms with van der Waals surface area (Å²) in [5.41, 5.74) is 2.02. The molecule has 1 aliphatic heterocycles. The number of aromatic nitrogens is 2. The van der Waals surface area contributed by atoms with E-state index in [9.17, 15) is 13.2 Å². The molecule has 0 amide bonds. The molecule has 1 fully saturated rings. The van der Waals surface area contributed by atoms with Crippen LogP contribution in [0.3, 0.4) is 0 Å². The number of ether oxygens (including phenoxy) is 2. The normalized spacial score (nSPS) is 14.5. The number of hydrogen-bond donors (Lipinski definition) is 0. The van der Waals surface area contributed by atoms with Crippen LogP contribution in [0.25, 0.3) is 11.3 Å². The van der Waals surface area contributed by atoms with Gasteiger partial charge in [-0.15, -0.1) is 10.2 Å². The summed E-state index contributed by atoms with van der Waals surface area (Å²) in [4.78, 5) is 14.0. The third-order valence-corrected chi connectivity index (χ3v) is 7.59. The van der Waals surface area contributed by atoms with Crippen molar-refractivity contribution in [2.45, 2.75) is 18.7 Å². The van der Waals surface area contributed by atoms with Gasteiger partial charge in [0.2, 0.25) is 10.0 Å². The number of esters is 1. The van der Waals surface area contributed by atoms with Gasteiger partial charge in [0.1, 0.15) is 5.75 Å². The molecule has 0 unspecified atom stereocenters. The lowest BCUT2D eigenvalue weighted by Crippen LogP contribution is -2.49. The number of benzene rings is 2. The highest BCUT2D eigenvalue weighted by atomic mass is 32.2. The first-order valence-corrected chi connectivity index (χ1v) is 13.0. The van der Waals surface area contributed by atoms with Crippen LogP contribution in [0.1, 0.15) is 24.2 Å². The molecule has 3 aromatic rings. The summed E-state index contributed by atoms with van der Waals surface area (Å²) in [6.45, 7) is 6.18. The van der Waals surface area contributed by atoms with Crippen LogP contribution < -0.4 is 9.64 Å². The molecular formula is C25H28N4O5S. The molecule has 1 aliphatic rings. The highest BCUT2D eigenvalue weighted by molar-refractivity contribution is 7.89. The van der Waals surface area contributed by atoms with Gasteiger partial charge in [-0.3, -0.25) is 0 Å². The first-order chi connectivity index (χ1) is 16.9. The molecule has 0 saturated carbocycles. The van der Waals surface area contributed by atoms with Crippen LogP contribution in [0.5, 0.6) is 5.75 Å². The lowest BCUT2D eigenvalue weighted by Gasteiger charge is -2.34. The Bertz CT molecular complexity index is 1240. The van der Waals surface area contributed by atoms with Crippen molar-refractivity contribution in [3.05, 3.63) is 66.2 Å². The van der Waals surface area contributed by atoms with Gasteiger partial charge in [-0.05, 0) is 74.5 Å². The molecule has 9 nitrogen and oxygen atoms in total. The summed E-state index contributed by atoms with van der Waals surface area (Å²) in [5.74, 6) is 1.04. The minimum atomic E-state index is -3.66. The van der Waals surface area contributed by atoms with Crippen molar-refractivity contribution in [1.29, 1.82) is 0 Å². The lowest BCUT2D eigenvalue weighted by molar-refractivity contribution is 0.0526. The summed E-state index contributed by atoms with van der Waals surface area (Å²) < 4.78 is 38.0. The van der Waals surface area contributed by atoms with E-state index in [0.29, 0.717) is 44.2 Å². The zero-order chi connectivity index (χ0) is 24.8. The van der Waals surface area contributed by atoms with Gasteiger partial charge in [-0.25, -0.2) is 13.2 Å². The predicted octanol–water partition coefficient (Wildman–Crippen LogP) is 3.23. The first kappa shape index (κ1) is 24.6. The summed E-state index contributed by atoms with van der Waals surface area (Å²) in [6.07, 6.45) is 0. The van der Waals surface area contributed by atoms with Crippen LogP contribution in [-0.2, 0) is 14.8 Å². The molecule has 0 spiro atoms. The van der Waals surface area contributed by atoms with Crippen LogP contribution >= 0.6 is 0 Å². The standard InChI is InChI=1S/C25H28N4O5S/c1-3-33-21-9-5-19(6-10-21)23-13-14-24(27-26-23)28-15-17-29(18-16-28)35(31,32)22-11-7-20(8-12-22)25(30)34-4-2/h5-14H,3-4,15-18H2,1-2H3. The Kier molecular flexibility index (Phi) is 7.62. The summed E-state index contributed by atoms with van der Waals surface area (Å²) in [5, 5.41) is 8.71. The van der Waals surface area contributed by atoms with Crippen molar-refractivity contribution in [2.75, 3.05) is 44.3 Å². The molecule has 1 saturated heterocycles. The van der Waals surface area contributed by atoms with Crippen molar-refractivity contribution < 1.29 is 22.7 Å². The molecule has 0 atom stereocenters. The van der Waals surface area contributed by atoms with Gasteiger partial charge < -0.3 is 14.4 Å². The molecule has 35 heavy (non-hydrogen) atoms. The summed E-state index contributed by atoms with van der Waals surface area (Å²) in [6, 6.07) is 17.3. The van der Waals surface area contributed by atoms with Gasteiger partial charge in [0.25, 0.3) is 0 Å². The topological polar surface area (TPSA) is 102 Å². The van der Waals surface area contributed by atoms with Crippen LogP contribution in [-0.4, -0.2) is 68.3 Å². The Labute approximate surface area is 205 Å². The predicted molar refractivity (Wildman–Crippen MR) is 132 cm³/mol. The van der Waals surface area contributed by atoms with Crippen LogP contribution in [0.4, 0.5) is 5.82 Å². The number of carbonyl (C=O) groups is 1. The summed E-state index contributed by atoms with van der Waals surface area (Å²) >= 11 is 0. The van der Waals surface area contributed by atoms with Crippen LogP contribution in [0.2, 0.25) is 0 Å². The number of carbonyl (C=O) groups excluding carboxylic acids is 1. The average Bonchev–Trinajstić information content (AvgIpc) is 2.90. The van der Waals surface area contributed by atoms with E-state index in [-0.39, 0.29) is 11.5 Å². The Hall–Kier alpha value is -3.50. The lowest BCUT2D eigenvalue weighted by atomic mass is 10.1. The molecular weight excluding hydrogens is 468 g/mol. The second kappa shape index (κ2) is 10.8. The number of nitrogens with zero attached hydrogens (tertiary/aromatic N) is 4. The largest absolute Gasteiger partial charge is 0.494 e. The second-order valence-electron chi connectivity index (χ2n) is 7.87. The Morgan fingerprint density at radius 2 is 1.54 bits per heavy atom. The van der Waals surface area contributed by atoms with Crippen molar-refractivity contribution in [2.24, 2.45) is 0 Å². The van der Waals surface area contributed by atoms with E-state index in [1.54, 1.807) is 6.92 Å². The minimum absolute atomic E-state index is 0.151. The zero-order valence-electron chi connectivity index (χ0n) is 19.8. The smallest absolute Gasteiger partial charge is 0.338 e. The molecule has 2 heterocycles. The molecule has 0 bridgehead atoms. The number of hydrogen-bond acceptors (Lipinski definition) is 8. The van der Waals surface area contributed by atoms with Gasteiger partial charge in [-0.2, -0.15) is 4.31 Å². The fourth-order valence-electron chi connectivity index (χ4n) is 3.82. The van der Waals surface area contributed by atoms with Crippen molar-refractivity contribution in [3.63, 3.8) is 0 Å². The Morgan fingerprint density at radius 1 is 0.857 bits per heavy atom. The molecule has 0 N–H and O–H groups in total.